The van der Waals surface area contributed by atoms with Crippen LogP contribution in [0.5, 0.6) is 0 Å². The third-order valence-electron chi connectivity index (χ3n) is 2.82. The van der Waals surface area contributed by atoms with Gasteiger partial charge in [0.05, 0.1) is 23.9 Å². The topological polar surface area (TPSA) is 47.3 Å². The number of para-hydroxylation sites is 1. The monoisotopic (exact) mass is 234 g/mol. The Morgan fingerprint density at radius 1 is 1.41 bits per heavy atom. The summed E-state index contributed by atoms with van der Waals surface area (Å²) in [5.41, 5.74) is 2.06. The zero-order valence-electron chi connectivity index (χ0n) is 10.3. The molecule has 2 aromatic rings. The predicted octanol–water partition coefficient (Wildman–Crippen LogP) is 1.61. The highest BCUT2D eigenvalue weighted by Gasteiger charge is 2.13. The van der Waals surface area contributed by atoms with Crippen LogP contribution in [0.2, 0.25) is 0 Å². The third kappa shape index (κ3) is 2.48. The number of fused-ring (bicyclic) bond motifs is 1. The van der Waals surface area contributed by atoms with Crippen molar-refractivity contribution in [1.29, 1.82) is 0 Å². The van der Waals surface area contributed by atoms with Gasteiger partial charge in [-0.3, -0.25) is 4.68 Å². The van der Waals surface area contributed by atoms with Crippen molar-refractivity contribution in [1.82, 2.24) is 9.78 Å². The number of aryl methyl sites for hydroxylation is 1. The van der Waals surface area contributed by atoms with E-state index in [1.165, 1.54) is 0 Å². The summed E-state index contributed by atoms with van der Waals surface area (Å²) in [5.74, 6) is 0. The second-order valence-electron chi connectivity index (χ2n) is 4.09. The molecule has 0 radical (unpaired) electrons. The number of ether oxygens (including phenoxy) is 1. The molecule has 1 heterocycles. The van der Waals surface area contributed by atoms with Crippen LogP contribution in [-0.4, -0.2) is 34.7 Å². The zero-order chi connectivity index (χ0) is 12.3. The van der Waals surface area contributed by atoms with Gasteiger partial charge in [0.15, 0.2) is 0 Å². The minimum atomic E-state index is -0.497. The molecule has 2 rings (SSSR count). The third-order valence-corrected chi connectivity index (χ3v) is 2.82. The fraction of sp³-hybridized carbons (Fsp3) is 0.462. The Bertz CT molecular complexity index is 493. The predicted molar refractivity (Wildman–Crippen MR) is 67.0 cm³/mol. The largest absolute Gasteiger partial charge is 0.390 e. The van der Waals surface area contributed by atoms with Gasteiger partial charge in [-0.05, 0) is 13.0 Å². The van der Waals surface area contributed by atoms with Crippen molar-refractivity contribution in [2.45, 2.75) is 26.0 Å². The maximum atomic E-state index is 9.77. The van der Waals surface area contributed by atoms with Crippen LogP contribution in [0, 0.1) is 0 Å². The van der Waals surface area contributed by atoms with Gasteiger partial charge in [0.2, 0.25) is 0 Å². The first-order chi connectivity index (χ1) is 8.26. The number of hydrogen-bond donors (Lipinski definition) is 1. The number of nitrogens with zero attached hydrogens (tertiary/aromatic N) is 2. The highest BCUT2D eigenvalue weighted by molar-refractivity contribution is 5.81. The number of benzene rings is 1. The van der Waals surface area contributed by atoms with Gasteiger partial charge >= 0.3 is 0 Å². The van der Waals surface area contributed by atoms with Crippen LogP contribution in [0.3, 0.4) is 0 Å². The average molecular weight is 234 g/mol. The van der Waals surface area contributed by atoms with Crippen LogP contribution in [0.25, 0.3) is 10.9 Å². The highest BCUT2D eigenvalue weighted by atomic mass is 16.5. The summed E-state index contributed by atoms with van der Waals surface area (Å²) in [6.45, 7) is 3.24. The summed E-state index contributed by atoms with van der Waals surface area (Å²) in [4.78, 5) is 0. The summed E-state index contributed by atoms with van der Waals surface area (Å²) in [6, 6.07) is 8.10. The normalized spacial score (nSPS) is 13.1. The standard InChI is InChI=1S/C13H18N2O2/c1-3-15-13-7-5-4-6-11(13)12(14-15)8-10(16)9-17-2/h4-7,10,16H,3,8-9H2,1-2H3. The number of rotatable bonds is 5. The summed E-state index contributed by atoms with van der Waals surface area (Å²) >= 11 is 0. The van der Waals surface area contributed by atoms with Crippen molar-refractivity contribution >= 4 is 10.9 Å². The fourth-order valence-corrected chi connectivity index (χ4v) is 2.06. The van der Waals surface area contributed by atoms with E-state index < -0.39 is 6.10 Å². The van der Waals surface area contributed by atoms with Gasteiger partial charge in [-0.15, -0.1) is 0 Å². The van der Waals surface area contributed by atoms with E-state index in [9.17, 15) is 5.11 Å². The summed E-state index contributed by atoms with van der Waals surface area (Å²) in [6.07, 6.45) is 0.0325. The van der Waals surface area contributed by atoms with Crippen LogP contribution in [0.15, 0.2) is 24.3 Å². The lowest BCUT2D eigenvalue weighted by Crippen LogP contribution is -2.17. The molecule has 0 aliphatic heterocycles. The first-order valence-electron chi connectivity index (χ1n) is 5.87. The number of aliphatic hydroxyl groups is 1. The molecule has 0 amide bonds. The Kier molecular flexibility index (Phi) is 3.76. The Hall–Kier alpha value is -1.39. The second-order valence-corrected chi connectivity index (χ2v) is 4.09. The number of hydrogen-bond acceptors (Lipinski definition) is 3. The first kappa shape index (κ1) is 12.1. The Morgan fingerprint density at radius 3 is 2.88 bits per heavy atom. The van der Waals surface area contributed by atoms with E-state index >= 15 is 0 Å². The van der Waals surface area contributed by atoms with Crippen molar-refractivity contribution in [3.8, 4) is 0 Å². The molecule has 0 saturated carbocycles. The van der Waals surface area contributed by atoms with E-state index in [0.717, 1.165) is 23.1 Å². The molecule has 0 aliphatic carbocycles. The number of methoxy groups -OCH3 is 1. The van der Waals surface area contributed by atoms with Gasteiger partial charge in [0.1, 0.15) is 0 Å². The molecular weight excluding hydrogens is 216 g/mol. The summed E-state index contributed by atoms with van der Waals surface area (Å²) in [7, 11) is 1.59. The SMILES string of the molecule is CCn1nc(CC(O)COC)c2ccccc21. The second kappa shape index (κ2) is 5.29. The van der Waals surface area contributed by atoms with E-state index in [2.05, 4.69) is 18.1 Å². The maximum absolute atomic E-state index is 9.77. The molecule has 0 bridgehead atoms. The Labute approximate surface area is 101 Å². The molecule has 4 nitrogen and oxygen atoms in total. The molecule has 0 spiro atoms. The molecular formula is C13H18N2O2. The Morgan fingerprint density at radius 2 is 2.18 bits per heavy atom. The molecule has 0 fully saturated rings. The van der Waals surface area contributed by atoms with Crippen LogP contribution < -0.4 is 0 Å². The fourth-order valence-electron chi connectivity index (χ4n) is 2.06. The maximum Gasteiger partial charge on any atom is 0.0829 e. The molecule has 0 saturated heterocycles. The molecule has 0 aliphatic rings. The summed E-state index contributed by atoms with van der Waals surface area (Å²) in [5, 5.41) is 15.4. The van der Waals surface area contributed by atoms with Gasteiger partial charge < -0.3 is 9.84 Å². The van der Waals surface area contributed by atoms with Crippen molar-refractivity contribution in [2.75, 3.05) is 13.7 Å². The quantitative estimate of drug-likeness (QED) is 0.855. The van der Waals surface area contributed by atoms with E-state index in [-0.39, 0.29) is 0 Å². The average Bonchev–Trinajstić information content (AvgIpc) is 2.68. The Balaban J connectivity index is 2.33. The summed E-state index contributed by atoms with van der Waals surface area (Å²) < 4.78 is 6.90. The molecule has 1 unspecified atom stereocenters. The van der Waals surface area contributed by atoms with Crippen molar-refractivity contribution in [2.24, 2.45) is 0 Å². The molecule has 4 heteroatoms. The minimum Gasteiger partial charge on any atom is -0.390 e. The van der Waals surface area contributed by atoms with Gasteiger partial charge in [-0.25, -0.2) is 0 Å². The van der Waals surface area contributed by atoms with Gasteiger partial charge in [-0.1, -0.05) is 18.2 Å². The van der Waals surface area contributed by atoms with E-state index in [1.54, 1.807) is 7.11 Å². The molecule has 1 N–H and O–H groups in total. The lowest BCUT2D eigenvalue weighted by molar-refractivity contribution is 0.0645. The van der Waals surface area contributed by atoms with Crippen molar-refractivity contribution in [3.63, 3.8) is 0 Å². The van der Waals surface area contributed by atoms with Crippen LogP contribution in [0.4, 0.5) is 0 Å². The van der Waals surface area contributed by atoms with Crippen LogP contribution in [-0.2, 0) is 17.7 Å². The lowest BCUT2D eigenvalue weighted by Gasteiger charge is -2.06. The number of aliphatic hydroxyl groups excluding tert-OH is 1. The van der Waals surface area contributed by atoms with Crippen molar-refractivity contribution < 1.29 is 9.84 Å². The van der Waals surface area contributed by atoms with E-state index in [0.29, 0.717) is 13.0 Å². The van der Waals surface area contributed by atoms with Crippen molar-refractivity contribution in [3.05, 3.63) is 30.0 Å². The smallest absolute Gasteiger partial charge is 0.0829 e. The van der Waals surface area contributed by atoms with E-state index in [1.807, 2.05) is 22.9 Å². The lowest BCUT2D eigenvalue weighted by atomic mass is 10.1. The molecule has 92 valence electrons. The zero-order valence-corrected chi connectivity index (χ0v) is 10.3. The molecule has 1 aromatic carbocycles. The highest BCUT2D eigenvalue weighted by Crippen LogP contribution is 2.19. The van der Waals surface area contributed by atoms with Gasteiger partial charge in [-0.2, -0.15) is 5.10 Å². The van der Waals surface area contributed by atoms with Gasteiger partial charge in [0, 0.05) is 25.5 Å². The van der Waals surface area contributed by atoms with Crippen LogP contribution >= 0.6 is 0 Å². The molecule has 1 atom stereocenters. The van der Waals surface area contributed by atoms with Crippen LogP contribution in [0.1, 0.15) is 12.6 Å². The minimum absolute atomic E-state index is 0.341. The van der Waals surface area contributed by atoms with Gasteiger partial charge in [0.25, 0.3) is 0 Å². The first-order valence-corrected chi connectivity index (χ1v) is 5.87. The van der Waals surface area contributed by atoms with E-state index in [4.69, 9.17) is 4.74 Å². The molecule has 17 heavy (non-hydrogen) atoms. The number of aromatic nitrogens is 2. The molecule has 1 aromatic heterocycles.